The fourth-order valence-corrected chi connectivity index (χ4v) is 2.50. The number of rotatable bonds is 3. The van der Waals surface area contributed by atoms with Crippen molar-refractivity contribution >= 4 is 33.4 Å². The highest BCUT2D eigenvalue weighted by molar-refractivity contribution is 9.10. The molecule has 1 saturated heterocycles. The second kappa shape index (κ2) is 6.03. The molecule has 0 N–H and O–H groups in total. The molecule has 1 aromatic carbocycles. The molecule has 0 radical (unpaired) electrons. The molecule has 2 heterocycles. The number of likely N-dealkylation sites (tertiary alicyclic amines) is 1. The third-order valence-electron chi connectivity index (χ3n) is 3.23. The maximum Gasteiger partial charge on any atom is 0.254 e. The van der Waals surface area contributed by atoms with Gasteiger partial charge in [0.25, 0.3) is 5.91 Å². The van der Waals surface area contributed by atoms with Crippen LogP contribution in [0.1, 0.15) is 10.4 Å². The van der Waals surface area contributed by atoms with Crippen LogP contribution in [0, 0.1) is 0 Å². The zero-order valence-electron chi connectivity index (χ0n) is 11.0. The fourth-order valence-electron chi connectivity index (χ4n) is 2.07. The van der Waals surface area contributed by atoms with Crippen LogP contribution in [0.25, 0.3) is 0 Å². The van der Waals surface area contributed by atoms with Crippen molar-refractivity contribution in [3.63, 3.8) is 0 Å². The first-order valence-corrected chi connectivity index (χ1v) is 7.62. The van der Waals surface area contributed by atoms with Gasteiger partial charge >= 0.3 is 0 Å². The van der Waals surface area contributed by atoms with Gasteiger partial charge in [0.2, 0.25) is 5.88 Å². The van der Waals surface area contributed by atoms with Gasteiger partial charge in [-0.25, -0.2) is 4.98 Å². The zero-order chi connectivity index (χ0) is 14.8. The second-order valence-electron chi connectivity index (χ2n) is 4.75. The minimum Gasteiger partial charge on any atom is -0.470 e. The minimum absolute atomic E-state index is 0.00877. The molecule has 6 heteroatoms. The standard InChI is InChI=1S/C15H12BrClN2O2/c16-11-5-3-10(4-6-11)15(20)19-8-12(9-19)21-14-13(17)2-1-7-18-14/h1-7,12H,8-9H2. The number of halogens is 2. The Morgan fingerprint density at radius 3 is 2.67 bits per heavy atom. The first kappa shape index (κ1) is 14.4. The lowest BCUT2D eigenvalue weighted by atomic mass is 10.1. The predicted molar refractivity (Wildman–Crippen MR) is 83.7 cm³/mol. The molecule has 3 rings (SSSR count). The molecule has 108 valence electrons. The van der Waals surface area contributed by atoms with Crippen LogP contribution >= 0.6 is 27.5 Å². The van der Waals surface area contributed by atoms with Gasteiger partial charge in [0, 0.05) is 16.2 Å². The van der Waals surface area contributed by atoms with Gasteiger partial charge in [-0.1, -0.05) is 27.5 Å². The topological polar surface area (TPSA) is 42.4 Å². The van der Waals surface area contributed by atoms with E-state index in [0.717, 1.165) is 4.47 Å². The number of carbonyl (C=O) groups excluding carboxylic acids is 1. The zero-order valence-corrected chi connectivity index (χ0v) is 13.3. The second-order valence-corrected chi connectivity index (χ2v) is 6.07. The molecule has 2 aromatic rings. The summed E-state index contributed by atoms with van der Waals surface area (Å²) in [7, 11) is 0. The van der Waals surface area contributed by atoms with E-state index in [1.165, 1.54) is 0 Å². The highest BCUT2D eigenvalue weighted by Gasteiger charge is 2.33. The fraction of sp³-hybridized carbons (Fsp3) is 0.200. The number of carbonyl (C=O) groups is 1. The summed E-state index contributed by atoms with van der Waals surface area (Å²) in [5.41, 5.74) is 0.674. The Labute approximate surface area is 135 Å². The maximum atomic E-state index is 12.2. The smallest absolute Gasteiger partial charge is 0.254 e. The van der Waals surface area contributed by atoms with Crippen molar-refractivity contribution in [3.05, 3.63) is 57.7 Å². The molecule has 1 amide bonds. The summed E-state index contributed by atoms with van der Waals surface area (Å²) >= 11 is 9.34. The van der Waals surface area contributed by atoms with Gasteiger partial charge in [0.05, 0.1) is 13.1 Å². The number of benzene rings is 1. The Bertz CT molecular complexity index is 657. The summed E-state index contributed by atoms with van der Waals surface area (Å²) in [5.74, 6) is 0.425. The van der Waals surface area contributed by atoms with Crippen molar-refractivity contribution < 1.29 is 9.53 Å². The monoisotopic (exact) mass is 366 g/mol. The van der Waals surface area contributed by atoms with E-state index in [1.54, 1.807) is 35.4 Å². The average Bonchev–Trinajstić information content (AvgIpc) is 2.44. The third kappa shape index (κ3) is 3.19. The molecule has 1 aliphatic heterocycles. The van der Waals surface area contributed by atoms with Crippen LogP contribution in [-0.4, -0.2) is 35.0 Å². The van der Waals surface area contributed by atoms with Gasteiger partial charge in [-0.3, -0.25) is 4.79 Å². The van der Waals surface area contributed by atoms with E-state index in [0.29, 0.717) is 29.6 Å². The van der Waals surface area contributed by atoms with Crippen molar-refractivity contribution in [2.75, 3.05) is 13.1 Å². The minimum atomic E-state index is -0.0585. The summed E-state index contributed by atoms with van der Waals surface area (Å²) in [6.07, 6.45) is 1.57. The Balaban J connectivity index is 1.57. The van der Waals surface area contributed by atoms with Crippen molar-refractivity contribution in [2.45, 2.75) is 6.10 Å². The van der Waals surface area contributed by atoms with E-state index in [4.69, 9.17) is 16.3 Å². The lowest BCUT2D eigenvalue weighted by Crippen LogP contribution is -2.56. The van der Waals surface area contributed by atoms with Gasteiger partial charge < -0.3 is 9.64 Å². The predicted octanol–water partition coefficient (Wildman–Crippen LogP) is 3.40. The largest absolute Gasteiger partial charge is 0.470 e. The summed E-state index contributed by atoms with van der Waals surface area (Å²) in [5, 5.41) is 0.482. The number of nitrogens with zero attached hydrogens (tertiary/aromatic N) is 2. The van der Waals surface area contributed by atoms with Gasteiger partial charge in [-0.2, -0.15) is 0 Å². The highest BCUT2D eigenvalue weighted by Crippen LogP contribution is 2.24. The van der Waals surface area contributed by atoms with Crippen LogP contribution in [0.5, 0.6) is 5.88 Å². The van der Waals surface area contributed by atoms with Crippen molar-refractivity contribution in [2.24, 2.45) is 0 Å². The van der Waals surface area contributed by atoms with Gasteiger partial charge in [0.1, 0.15) is 11.1 Å². The van der Waals surface area contributed by atoms with Crippen molar-refractivity contribution in [1.29, 1.82) is 0 Å². The van der Waals surface area contributed by atoms with E-state index in [2.05, 4.69) is 20.9 Å². The first-order valence-electron chi connectivity index (χ1n) is 6.45. The van der Waals surface area contributed by atoms with Crippen molar-refractivity contribution in [3.8, 4) is 5.88 Å². The Hall–Kier alpha value is -1.59. The molecule has 0 atom stereocenters. The van der Waals surface area contributed by atoms with Crippen LogP contribution in [0.3, 0.4) is 0 Å². The van der Waals surface area contributed by atoms with Crippen LogP contribution in [0.4, 0.5) is 0 Å². The SMILES string of the molecule is O=C(c1ccc(Br)cc1)N1CC(Oc2ncccc2Cl)C1. The summed E-state index contributed by atoms with van der Waals surface area (Å²) in [6.45, 7) is 1.09. The number of hydrogen-bond donors (Lipinski definition) is 0. The molecular formula is C15H12BrClN2O2. The Kier molecular flexibility index (Phi) is 4.12. The van der Waals surface area contributed by atoms with E-state index >= 15 is 0 Å². The molecule has 21 heavy (non-hydrogen) atoms. The van der Waals surface area contributed by atoms with E-state index in [-0.39, 0.29) is 12.0 Å². The van der Waals surface area contributed by atoms with Crippen LogP contribution in [0.2, 0.25) is 5.02 Å². The molecule has 0 unspecified atom stereocenters. The third-order valence-corrected chi connectivity index (χ3v) is 4.05. The van der Waals surface area contributed by atoms with Gasteiger partial charge in [-0.15, -0.1) is 0 Å². The first-order chi connectivity index (χ1) is 10.1. The normalized spacial score (nSPS) is 14.7. The summed E-state index contributed by atoms with van der Waals surface area (Å²) < 4.78 is 6.62. The van der Waals surface area contributed by atoms with E-state index in [1.807, 2.05) is 12.1 Å². The molecule has 0 spiro atoms. The maximum absolute atomic E-state index is 12.2. The van der Waals surface area contributed by atoms with E-state index < -0.39 is 0 Å². The van der Waals surface area contributed by atoms with Gasteiger partial charge in [0.15, 0.2) is 0 Å². The number of hydrogen-bond acceptors (Lipinski definition) is 3. The molecule has 0 bridgehead atoms. The summed E-state index contributed by atoms with van der Waals surface area (Å²) in [6, 6.07) is 10.8. The number of ether oxygens (including phenoxy) is 1. The average molecular weight is 368 g/mol. The molecule has 1 fully saturated rings. The van der Waals surface area contributed by atoms with Crippen molar-refractivity contribution in [1.82, 2.24) is 9.88 Å². The van der Waals surface area contributed by atoms with Gasteiger partial charge in [-0.05, 0) is 36.4 Å². The Morgan fingerprint density at radius 2 is 2.00 bits per heavy atom. The Morgan fingerprint density at radius 1 is 1.29 bits per heavy atom. The number of aromatic nitrogens is 1. The number of pyridine rings is 1. The van der Waals surface area contributed by atoms with Crippen LogP contribution in [-0.2, 0) is 0 Å². The molecule has 0 saturated carbocycles. The molecule has 1 aliphatic rings. The van der Waals surface area contributed by atoms with Crippen LogP contribution < -0.4 is 4.74 Å². The molecule has 4 nitrogen and oxygen atoms in total. The van der Waals surface area contributed by atoms with E-state index in [9.17, 15) is 4.79 Å². The van der Waals surface area contributed by atoms with Crippen LogP contribution in [0.15, 0.2) is 47.1 Å². The lowest BCUT2D eigenvalue weighted by molar-refractivity contribution is 0.0160. The molecule has 1 aromatic heterocycles. The number of amides is 1. The lowest BCUT2D eigenvalue weighted by Gasteiger charge is -2.38. The summed E-state index contributed by atoms with van der Waals surface area (Å²) in [4.78, 5) is 18.0. The molecular weight excluding hydrogens is 356 g/mol. The quantitative estimate of drug-likeness (QED) is 0.835. The highest BCUT2D eigenvalue weighted by atomic mass is 79.9. The molecule has 0 aliphatic carbocycles.